The van der Waals surface area contributed by atoms with Gasteiger partial charge in [0.15, 0.2) is 0 Å². The molecule has 0 saturated heterocycles. The summed E-state index contributed by atoms with van der Waals surface area (Å²) >= 11 is 1.42. The molecule has 0 saturated carbocycles. The van der Waals surface area contributed by atoms with Crippen molar-refractivity contribution in [1.82, 2.24) is 16.0 Å². The second-order valence-electron chi connectivity index (χ2n) is 6.27. The Morgan fingerprint density at radius 3 is 1.97 bits per heavy atom. The molecule has 0 radical (unpaired) electrons. The number of amides is 4. The number of hydrogen-bond acceptors (Lipinski definition) is 8. The standard InChI is InChI=1S/C16H29N5O7S/c1-8(16(27)28)19-14(25)10(3-4-12(18)23)21-15(26)11(5-6-29-2)20-13(24)9(17)7-22/h8-11,22H,3-7,17H2,1-2H3,(H2,18,23)(H,19,25)(H,20,24)(H,21,26)(H,27,28). The van der Waals surface area contributed by atoms with Gasteiger partial charge in [-0.15, -0.1) is 0 Å². The van der Waals surface area contributed by atoms with E-state index in [9.17, 15) is 24.0 Å². The van der Waals surface area contributed by atoms with Crippen LogP contribution >= 0.6 is 11.8 Å². The summed E-state index contributed by atoms with van der Waals surface area (Å²) in [4.78, 5) is 58.9. The number of aliphatic hydroxyl groups excluding tert-OH is 1. The van der Waals surface area contributed by atoms with E-state index in [4.69, 9.17) is 21.7 Å². The molecule has 166 valence electrons. The quantitative estimate of drug-likeness (QED) is 0.147. The average molecular weight is 436 g/mol. The van der Waals surface area contributed by atoms with Gasteiger partial charge in [0.05, 0.1) is 6.61 Å². The van der Waals surface area contributed by atoms with Crippen molar-refractivity contribution in [3.63, 3.8) is 0 Å². The van der Waals surface area contributed by atoms with E-state index in [2.05, 4.69) is 16.0 Å². The number of carbonyl (C=O) groups is 5. The van der Waals surface area contributed by atoms with Crippen molar-refractivity contribution in [3.8, 4) is 0 Å². The Hall–Kier alpha value is -2.38. The zero-order valence-electron chi connectivity index (χ0n) is 16.3. The van der Waals surface area contributed by atoms with Crippen LogP contribution in [0, 0.1) is 0 Å². The Bertz CT molecular complexity index is 604. The maximum absolute atomic E-state index is 12.6. The summed E-state index contributed by atoms with van der Waals surface area (Å²) in [5.74, 6) is -3.75. The van der Waals surface area contributed by atoms with Gasteiger partial charge in [-0.25, -0.2) is 0 Å². The Kier molecular flexibility index (Phi) is 12.6. The lowest BCUT2D eigenvalue weighted by atomic mass is 10.1. The monoisotopic (exact) mass is 435 g/mol. The minimum atomic E-state index is -1.28. The molecule has 9 N–H and O–H groups in total. The van der Waals surface area contributed by atoms with Crippen LogP contribution in [0.1, 0.15) is 26.2 Å². The molecule has 4 unspecified atom stereocenters. The Balaban J connectivity index is 5.30. The van der Waals surface area contributed by atoms with E-state index >= 15 is 0 Å². The fraction of sp³-hybridized carbons (Fsp3) is 0.688. The van der Waals surface area contributed by atoms with E-state index < -0.39 is 60.4 Å². The molecule has 12 nitrogen and oxygen atoms in total. The Labute approximate surface area is 172 Å². The topological polar surface area (TPSA) is 214 Å². The van der Waals surface area contributed by atoms with E-state index in [0.717, 1.165) is 0 Å². The highest BCUT2D eigenvalue weighted by Gasteiger charge is 2.29. The number of rotatable bonds is 14. The third kappa shape index (κ3) is 10.7. The third-order valence-corrected chi connectivity index (χ3v) is 4.46. The van der Waals surface area contributed by atoms with Crippen LogP contribution in [0.3, 0.4) is 0 Å². The van der Waals surface area contributed by atoms with Gasteiger partial charge in [-0.1, -0.05) is 0 Å². The number of hydrogen-bond donors (Lipinski definition) is 7. The molecule has 4 amide bonds. The number of primary amides is 1. The number of carbonyl (C=O) groups excluding carboxylic acids is 4. The molecule has 0 rings (SSSR count). The Morgan fingerprint density at radius 2 is 1.48 bits per heavy atom. The van der Waals surface area contributed by atoms with Crippen molar-refractivity contribution in [3.05, 3.63) is 0 Å². The molecule has 0 aliphatic rings. The van der Waals surface area contributed by atoms with Gasteiger partial charge in [0.1, 0.15) is 24.2 Å². The van der Waals surface area contributed by atoms with Gasteiger partial charge in [0.2, 0.25) is 23.6 Å². The lowest BCUT2D eigenvalue weighted by molar-refractivity contribution is -0.142. The van der Waals surface area contributed by atoms with Crippen LogP contribution in [0.15, 0.2) is 0 Å². The minimum absolute atomic E-state index is 0.154. The first kappa shape index (κ1) is 26.6. The summed E-state index contributed by atoms with van der Waals surface area (Å²) in [6, 6.07) is -4.72. The molecule has 0 aliphatic carbocycles. The number of aliphatic hydroxyl groups is 1. The van der Waals surface area contributed by atoms with E-state index in [-0.39, 0.29) is 19.3 Å². The van der Waals surface area contributed by atoms with Gasteiger partial charge < -0.3 is 37.6 Å². The maximum atomic E-state index is 12.6. The van der Waals surface area contributed by atoms with Gasteiger partial charge in [-0.3, -0.25) is 24.0 Å². The third-order valence-electron chi connectivity index (χ3n) is 3.82. The van der Waals surface area contributed by atoms with Crippen molar-refractivity contribution in [2.24, 2.45) is 11.5 Å². The van der Waals surface area contributed by atoms with E-state index in [1.54, 1.807) is 6.26 Å². The van der Waals surface area contributed by atoms with Crippen LogP contribution in [0.2, 0.25) is 0 Å². The summed E-state index contributed by atoms with van der Waals surface area (Å²) in [7, 11) is 0. The maximum Gasteiger partial charge on any atom is 0.325 e. The summed E-state index contributed by atoms with van der Waals surface area (Å²) in [6.07, 6.45) is 1.63. The molecule has 0 spiro atoms. The van der Waals surface area contributed by atoms with Crippen molar-refractivity contribution in [2.75, 3.05) is 18.6 Å². The number of thioether (sulfide) groups is 1. The van der Waals surface area contributed by atoms with Crippen molar-refractivity contribution in [1.29, 1.82) is 0 Å². The number of aliphatic carboxylic acids is 1. The molecule has 0 aliphatic heterocycles. The second-order valence-corrected chi connectivity index (χ2v) is 7.25. The largest absolute Gasteiger partial charge is 0.480 e. The molecule has 0 heterocycles. The highest BCUT2D eigenvalue weighted by Crippen LogP contribution is 2.05. The van der Waals surface area contributed by atoms with Crippen LogP contribution in [-0.4, -0.2) is 82.6 Å². The zero-order chi connectivity index (χ0) is 22.6. The molecule has 13 heteroatoms. The average Bonchev–Trinajstić information content (AvgIpc) is 2.66. The highest BCUT2D eigenvalue weighted by atomic mass is 32.2. The summed E-state index contributed by atoms with van der Waals surface area (Å²) in [6.45, 7) is 0.629. The van der Waals surface area contributed by atoms with Gasteiger partial charge >= 0.3 is 5.97 Å². The van der Waals surface area contributed by atoms with Crippen LogP contribution in [0.25, 0.3) is 0 Å². The predicted octanol–water partition coefficient (Wildman–Crippen LogP) is -3.12. The minimum Gasteiger partial charge on any atom is -0.480 e. The number of carboxylic acids is 1. The van der Waals surface area contributed by atoms with Crippen LogP contribution < -0.4 is 27.4 Å². The predicted molar refractivity (Wildman–Crippen MR) is 106 cm³/mol. The normalized spacial score (nSPS) is 14.8. The number of nitrogens with one attached hydrogen (secondary N) is 3. The van der Waals surface area contributed by atoms with Crippen molar-refractivity contribution in [2.45, 2.75) is 50.4 Å². The van der Waals surface area contributed by atoms with Gasteiger partial charge in [-0.2, -0.15) is 11.8 Å². The fourth-order valence-electron chi connectivity index (χ4n) is 2.07. The van der Waals surface area contributed by atoms with Crippen molar-refractivity contribution < 1.29 is 34.2 Å². The fourth-order valence-corrected chi connectivity index (χ4v) is 2.54. The summed E-state index contributed by atoms with van der Waals surface area (Å²) < 4.78 is 0. The van der Waals surface area contributed by atoms with E-state index in [1.807, 2.05) is 0 Å². The zero-order valence-corrected chi connectivity index (χ0v) is 17.2. The molecule has 4 atom stereocenters. The van der Waals surface area contributed by atoms with Crippen LogP contribution in [0.4, 0.5) is 0 Å². The van der Waals surface area contributed by atoms with Gasteiger partial charge in [0.25, 0.3) is 0 Å². The molecule has 0 aromatic rings. The SMILES string of the molecule is CSCCC(NC(=O)C(N)CO)C(=O)NC(CCC(N)=O)C(=O)NC(C)C(=O)O. The first-order valence-corrected chi connectivity index (χ1v) is 10.2. The second kappa shape index (κ2) is 13.7. The molecule has 0 aromatic heterocycles. The molecule has 29 heavy (non-hydrogen) atoms. The molecular weight excluding hydrogens is 406 g/mol. The molecule has 0 bridgehead atoms. The van der Waals surface area contributed by atoms with E-state index in [0.29, 0.717) is 5.75 Å². The van der Waals surface area contributed by atoms with Gasteiger partial charge in [-0.05, 0) is 31.8 Å². The lowest BCUT2D eigenvalue weighted by Crippen LogP contribution is -2.57. The number of nitrogens with two attached hydrogens (primary N) is 2. The first-order valence-electron chi connectivity index (χ1n) is 8.81. The number of carboxylic acid groups (broad SMARTS) is 1. The first-order chi connectivity index (χ1) is 13.5. The molecular formula is C16H29N5O7S. The summed E-state index contributed by atoms with van der Waals surface area (Å²) in [5.41, 5.74) is 10.5. The Morgan fingerprint density at radius 1 is 0.966 bits per heavy atom. The summed E-state index contributed by atoms with van der Waals surface area (Å²) in [5, 5.41) is 24.9. The molecule has 0 aromatic carbocycles. The van der Waals surface area contributed by atoms with Gasteiger partial charge in [0, 0.05) is 6.42 Å². The van der Waals surface area contributed by atoms with Crippen LogP contribution in [-0.2, 0) is 24.0 Å². The highest BCUT2D eigenvalue weighted by molar-refractivity contribution is 7.98. The van der Waals surface area contributed by atoms with Crippen molar-refractivity contribution >= 4 is 41.4 Å². The lowest BCUT2D eigenvalue weighted by Gasteiger charge is -2.24. The molecule has 0 fully saturated rings. The van der Waals surface area contributed by atoms with Crippen LogP contribution in [0.5, 0.6) is 0 Å². The van der Waals surface area contributed by atoms with E-state index in [1.165, 1.54) is 18.7 Å². The smallest absolute Gasteiger partial charge is 0.325 e.